The molecule has 0 fully saturated rings. The molecule has 146 valence electrons. The molecule has 0 aliphatic rings. The van der Waals surface area contributed by atoms with Crippen LogP contribution in [0.3, 0.4) is 0 Å². The Morgan fingerprint density at radius 1 is 1.00 bits per heavy atom. The number of nitrogens with zero attached hydrogens (tertiary/aromatic N) is 1. The largest absolute Gasteiger partial charge is 0.494 e. The van der Waals surface area contributed by atoms with Gasteiger partial charge in [-0.1, -0.05) is 24.3 Å². The summed E-state index contributed by atoms with van der Waals surface area (Å²) in [5.41, 5.74) is 1.85. The molecule has 1 heterocycles. The molecular formula is C23H21N3O3. The highest BCUT2D eigenvalue weighted by Crippen LogP contribution is 2.16. The SMILES string of the molecule is CCOc1ccc(NC(=O)/C(=C/c2cccnc2)NC(=O)c2ccccc2)cc1. The molecule has 0 aliphatic heterocycles. The van der Waals surface area contributed by atoms with Crippen molar-refractivity contribution in [2.24, 2.45) is 0 Å². The second kappa shape index (κ2) is 9.85. The number of ether oxygens (including phenoxy) is 1. The van der Waals surface area contributed by atoms with Gasteiger partial charge in [-0.3, -0.25) is 14.6 Å². The van der Waals surface area contributed by atoms with E-state index in [0.717, 1.165) is 0 Å². The molecule has 0 atom stereocenters. The third kappa shape index (κ3) is 5.77. The number of anilines is 1. The second-order valence-corrected chi connectivity index (χ2v) is 6.08. The number of rotatable bonds is 7. The van der Waals surface area contributed by atoms with Crippen LogP contribution in [0.2, 0.25) is 0 Å². The molecule has 2 N–H and O–H groups in total. The summed E-state index contributed by atoms with van der Waals surface area (Å²) in [6, 6.07) is 19.3. The van der Waals surface area contributed by atoms with E-state index in [2.05, 4.69) is 15.6 Å². The van der Waals surface area contributed by atoms with Crippen LogP contribution >= 0.6 is 0 Å². The minimum atomic E-state index is -0.442. The first-order valence-electron chi connectivity index (χ1n) is 9.18. The molecule has 0 saturated heterocycles. The zero-order valence-electron chi connectivity index (χ0n) is 16.0. The summed E-state index contributed by atoms with van der Waals surface area (Å²) in [4.78, 5) is 29.4. The lowest BCUT2D eigenvalue weighted by atomic mass is 10.2. The maximum Gasteiger partial charge on any atom is 0.272 e. The second-order valence-electron chi connectivity index (χ2n) is 6.08. The lowest BCUT2D eigenvalue weighted by Gasteiger charge is -2.12. The average Bonchev–Trinajstić information content (AvgIpc) is 2.76. The van der Waals surface area contributed by atoms with Gasteiger partial charge in [0.25, 0.3) is 11.8 Å². The molecule has 0 radical (unpaired) electrons. The number of pyridine rings is 1. The maximum atomic E-state index is 12.8. The Morgan fingerprint density at radius 2 is 1.76 bits per heavy atom. The molecule has 0 unspecified atom stereocenters. The highest BCUT2D eigenvalue weighted by Gasteiger charge is 2.15. The van der Waals surface area contributed by atoms with Crippen LogP contribution in [-0.4, -0.2) is 23.4 Å². The van der Waals surface area contributed by atoms with E-state index in [-0.39, 0.29) is 11.6 Å². The summed E-state index contributed by atoms with van der Waals surface area (Å²) in [6.45, 7) is 2.47. The quantitative estimate of drug-likeness (QED) is 0.603. The van der Waals surface area contributed by atoms with Crippen molar-refractivity contribution in [3.05, 3.63) is 95.9 Å². The predicted molar refractivity (Wildman–Crippen MR) is 112 cm³/mol. The number of aromatic nitrogens is 1. The number of carbonyl (C=O) groups is 2. The van der Waals surface area contributed by atoms with E-state index in [9.17, 15) is 9.59 Å². The lowest BCUT2D eigenvalue weighted by Crippen LogP contribution is -2.30. The van der Waals surface area contributed by atoms with Gasteiger partial charge in [0.05, 0.1) is 6.61 Å². The summed E-state index contributed by atoms with van der Waals surface area (Å²) in [7, 11) is 0. The third-order valence-corrected chi connectivity index (χ3v) is 3.95. The topological polar surface area (TPSA) is 80.3 Å². The van der Waals surface area contributed by atoms with Gasteiger partial charge in [0.2, 0.25) is 0 Å². The van der Waals surface area contributed by atoms with Crippen LogP contribution in [0.4, 0.5) is 5.69 Å². The van der Waals surface area contributed by atoms with E-state index in [1.165, 1.54) is 0 Å². The highest BCUT2D eigenvalue weighted by molar-refractivity contribution is 6.10. The number of hydrogen-bond donors (Lipinski definition) is 2. The molecule has 0 aliphatic carbocycles. The Bertz CT molecular complexity index is 985. The van der Waals surface area contributed by atoms with E-state index < -0.39 is 5.91 Å². The summed E-state index contributed by atoms with van der Waals surface area (Å²) >= 11 is 0. The number of carbonyl (C=O) groups excluding carboxylic acids is 2. The van der Waals surface area contributed by atoms with Gasteiger partial charge in [-0.25, -0.2) is 0 Å². The fourth-order valence-corrected chi connectivity index (χ4v) is 2.57. The van der Waals surface area contributed by atoms with Gasteiger partial charge in [-0.2, -0.15) is 0 Å². The standard InChI is InChI=1S/C23H21N3O3/c1-2-29-20-12-10-19(11-13-20)25-23(28)21(15-17-7-6-14-24-16-17)26-22(27)18-8-4-3-5-9-18/h3-16H,2H2,1H3,(H,25,28)(H,26,27)/b21-15-. The number of nitrogens with one attached hydrogen (secondary N) is 2. The van der Waals surface area contributed by atoms with Crippen molar-refractivity contribution < 1.29 is 14.3 Å². The Morgan fingerprint density at radius 3 is 2.41 bits per heavy atom. The predicted octanol–water partition coefficient (Wildman–Crippen LogP) is 3.89. The first kappa shape index (κ1) is 19.8. The Balaban J connectivity index is 1.81. The van der Waals surface area contributed by atoms with Gasteiger partial charge in [0.1, 0.15) is 11.4 Å². The number of benzene rings is 2. The molecule has 1 aromatic heterocycles. The van der Waals surface area contributed by atoms with Crippen molar-refractivity contribution in [1.29, 1.82) is 0 Å². The van der Waals surface area contributed by atoms with Crippen molar-refractivity contribution in [2.45, 2.75) is 6.92 Å². The zero-order valence-corrected chi connectivity index (χ0v) is 16.0. The van der Waals surface area contributed by atoms with E-state index in [1.807, 2.05) is 13.0 Å². The molecule has 2 amide bonds. The van der Waals surface area contributed by atoms with Crippen LogP contribution in [0.15, 0.2) is 84.8 Å². The average molecular weight is 387 g/mol. The smallest absolute Gasteiger partial charge is 0.272 e. The van der Waals surface area contributed by atoms with E-state index in [0.29, 0.717) is 29.2 Å². The molecule has 2 aromatic carbocycles. The first-order valence-corrected chi connectivity index (χ1v) is 9.18. The molecule has 3 rings (SSSR count). The zero-order chi connectivity index (χ0) is 20.5. The summed E-state index contributed by atoms with van der Waals surface area (Å²) in [6.07, 6.45) is 4.83. The highest BCUT2D eigenvalue weighted by atomic mass is 16.5. The molecule has 0 bridgehead atoms. The van der Waals surface area contributed by atoms with Crippen LogP contribution < -0.4 is 15.4 Å². The van der Waals surface area contributed by atoms with E-state index >= 15 is 0 Å². The summed E-state index contributed by atoms with van der Waals surface area (Å²) in [5, 5.41) is 5.48. The van der Waals surface area contributed by atoms with Crippen molar-refractivity contribution in [3.8, 4) is 5.75 Å². The molecule has 0 spiro atoms. The maximum absolute atomic E-state index is 12.8. The fourth-order valence-electron chi connectivity index (χ4n) is 2.57. The van der Waals surface area contributed by atoms with Gasteiger partial charge in [-0.15, -0.1) is 0 Å². The molecule has 29 heavy (non-hydrogen) atoms. The lowest BCUT2D eigenvalue weighted by molar-refractivity contribution is -0.113. The van der Waals surface area contributed by atoms with Crippen LogP contribution in [-0.2, 0) is 4.79 Å². The minimum Gasteiger partial charge on any atom is -0.494 e. The van der Waals surface area contributed by atoms with Gasteiger partial charge >= 0.3 is 0 Å². The van der Waals surface area contributed by atoms with Gasteiger partial charge in [0, 0.05) is 23.6 Å². The third-order valence-electron chi connectivity index (χ3n) is 3.95. The van der Waals surface area contributed by atoms with Crippen molar-refractivity contribution in [1.82, 2.24) is 10.3 Å². The minimum absolute atomic E-state index is 0.112. The first-order chi connectivity index (χ1) is 14.2. The molecule has 0 saturated carbocycles. The van der Waals surface area contributed by atoms with Crippen molar-refractivity contribution >= 4 is 23.6 Å². The Labute approximate surface area is 169 Å². The molecule has 6 heteroatoms. The van der Waals surface area contributed by atoms with Crippen LogP contribution in [0.5, 0.6) is 5.75 Å². The monoisotopic (exact) mass is 387 g/mol. The van der Waals surface area contributed by atoms with Crippen molar-refractivity contribution in [2.75, 3.05) is 11.9 Å². The van der Waals surface area contributed by atoms with Crippen LogP contribution in [0.1, 0.15) is 22.8 Å². The van der Waals surface area contributed by atoms with Crippen LogP contribution in [0, 0.1) is 0 Å². The molecule has 3 aromatic rings. The van der Waals surface area contributed by atoms with E-state index in [4.69, 9.17) is 4.74 Å². The van der Waals surface area contributed by atoms with Crippen molar-refractivity contribution in [3.63, 3.8) is 0 Å². The number of hydrogen-bond acceptors (Lipinski definition) is 4. The Kier molecular flexibility index (Phi) is 6.73. The molecule has 6 nitrogen and oxygen atoms in total. The van der Waals surface area contributed by atoms with Gasteiger partial charge in [0.15, 0.2) is 0 Å². The van der Waals surface area contributed by atoms with Crippen LogP contribution in [0.25, 0.3) is 6.08 Å². The fraction of sp³-hybridized carbons (Fsp3) is 0.0870. The normalized spacial score (nSPS) is 10.9. The van der Waals surface area contributed by atoms with Gasteiger partial charge < -0.3 is 15.4 Å². The van der Waals surface area contributed by atoms with Gasteiger partial charge in [-0.05, 0) is 61.0 Å². The summed E-state index contributed by atoms with van der Waals surface area (Å²) in [5.74, 6) is -0.0983. The Hall–Kier alpha value is -3.93. The summed E-state index contributed by atoms with van der Waals surface area (Å²) < 4.78 is 5.41. The number of amides is 2. The molecular weight excluding hydrogens is 366 g/mol. The van der Waals surface area contributed by atoms with E-state index in [1.54, 1.807) is 79.1 Å².